The van der Waals surface area contributed by atoms with Crippen molar-refractivity contribution in [1.82, 2.24) is 20.1 Å². The predicted octanol–water partition coefficient (Wildman–Crippen LogP) is 3.12. The van der Waals surface area contributed by atoms with E-state index in [0.717, 1.165) is 34.5 Å². The minimum atomic E-state index is -0.0759. The third-order valence-electron chi connectivity index (χ3n) is 4.82. The van der Waals surface area contributed by atoms with Gasteiger partial charge in [-0.05, 0) is 29.8 Å². The van der Waals surface area contributed by atoms with Gasteiger partial charge >= 0.3 is 0 Å². The third kappa shape index (κ3) is 4.55. The van der Waals surface area contributed by atoms with Crippen LogP contribution in [0.1, 0.15) is 11.8 Å². The molecule has 0 radical (unpaired) electrons. The first-order chi connectivity index (χ1) is 14.1. The summed E-state index contributed by atoms with van der Waals surface area (Å²) in [5, 5.41) is 12.6. The van der Waals surface area contributed by atoms with Crippen molar-refractivity contribution in [1.29, 1.82) is 0 Å². The molecule has 2 heterocycles. The number of hydrogen-bond acceptors (Lipinski definition) is 7. The average molecular weight is 412 g/mol. The fourth-order valence-corrected chi connectivity index (χ4v) is 4.12. The molecule has 0 saturated carbocycles. The molecule has 2 atom stereocenters. The van der Waals surface area contributed by atoms with Gasteiger partial charge in [0.2, 0.25) is 0 Å². The summed E-state index contributed by atoms with van der Waals surface area (Å²) in [6.45, 7) is 0.806. The van der Waals surface area contributed by atoms with Crippen LogP contribution >= 0.6 is 11.8 Å². The second-order valence-electron chi connectivity index (χ2n) is 7.03. The average Bonchev–Trinajstić information content (AvgIpc) is 3.42. The highest BCUT2D eigenvalue weighted by Crippen LogP contribution is 2.28. The van der Waals surface area contributed by atoms with Crippen LogP contribution in [0.25, 0.3) is 5.69 Å². The van der Waals surface area contributed by atoms with Crippen molar-refractivity contribution in [3.05, 3.63) is 60.4 Å². The number of aromatic nitrogens is 3. The normalized spacial score (nSPS) is 18.7. The van der Waals surface area contributed by atoms with E-state index in [0.29, 0.717) is 0 Å². The molecule has 0 spiro atoms. The highest BCUT2D eigenvalue weighted by Gasteiger charge is 2.26. The zero-order valence-corrected chi connectivity index (χ0v) is 17.6. The van der Waals surface area contributed by atoms with Gasteiger partial charge in [0.1, 0.15) is 18.3 Å². The standard InChI is InChI=1S/C21H25N5O2S/c1-25(2)16-9-7-15(8-10-16)20-22-12-19(28-20)13-29-21-24-23-14-26(21)17-5-4-6-18(11-17)27-3/h4-11,14,19-20,22H,12-13H2,1-3H3/t19-,20-/m0/s1. The van der Waals surface area contributed by atoms with E-state index < -0.39 is 0 Å². The van der Waals surface area contributed by atoms with Gasteiger partial charge in [-0.1, -0.05) is 30.0 Å². The van der Waals surface area contributed by atoms with Crippen molar-refractivity contribution < 1.29 is 9.47 Å². The number of ether oxygens (including phenoxy) is 2. The van der Waals surface area contributed by atoms with E-state index >= 15 is 0 Å². The molecule has 4 rings (SSSR count). The van der Waals surface area contributed by atoms with E-state index in [1.165, 1.54) is 5.69 Å². The lowest BCUT2D eigenvalue weighted by Crippen LogP contribution is -2.17. The summed E-state index contributed by atoms with van der Waals surface area (Å²) in [6, 6.07) is 16.3. The van der Waals surface area contributed by atoms with Gasteiger partial charge in [0.05, 0.1) is 18.9 Å². The zero-order chi connectivity index (χ0) is 20.2. The fourth-order valence-electron chi connectivity index (χ4n) is 3.20. The van der Waals surface area contributed by atoms with Crippen LogP contribution in [0.5, 0.6) is 5.75 Å². The Morgan fingerprint density at radius 1 is 1.24 bits per heavy atom. The van der Waals surface area contributed by atoms with Crippen molar-refractivity contribution in [2.24, 2.45) is 0 Å². The van der Waals surface area contributed by atoms with Crippen LogP contribution < -0.4 is 15.0 Å². The molecule has 1 aliphatic heterocycles. The van der Waals surface area contributed by atoms with Gasteiger partial charge in [0, 0.05) is 38.1 Å². The highest BCUT2D eigenvalue weighted by atomic mass is 32.2. The van der Waals surface area contributed by atoms with E-state index in [2.05, 4.69) is 44.7 Å². The first-order valence-electron chi connectivity index (χ1n) is 9.47. The number of benzene rings is 2. The maximum absolute atomic E-state index is 6.21. The van der Waals surface area contributed by atoms with Gasteiger partial charge in [-0.15, -0.1) is 10.2 Å². The Bertz CT molecular complexity index is 944. The summed E-state index contributed by atoms with van der Waals surface area (Å²) in [4.78, 5) is 2.09. The maximum atomic E-state index is 6.21. The lowest BCUT2D eigenvalue weighted by molar-refractivity contribution is 0.0534. The largest absolute Gasteiger partial charge is 0.497 e. The second-order valence-corrected chi connectivity index (χ2v) is 8.02. The van der Waals surface area contributed by atoms with Crippen molar-refractivity contribution in [3.8, 4) is 11.4 Å². The number of nitrogens with zero attached hydrogens (tertiary/aromatic N) is 4. The number of rotatable bonds is 7. The van der Waals surface area contributed by atoms with Gasteiger partial charge in [-0.2, -0.15) is 0 Å². The van der Waals surface area contributed by atoms with E-state index in [-0.39, 0.29) is 12.3 Å². The molecular formula is C21H25N5O2S. The summed E-state index contributed by atoms with van der Waals surface area (Å²) >= 11 is 1.64. The molecule has 0 unspecified atom stereocenters. The van der Waals surface area contributed by atoms with E-state index in [9.17, 15) is 0 Å². The van der Waals surface area contributed by atoms with Crippen LogP contribution in [0, 0.1) is 0 Å². The number of hydrogen-bond donors (Lipinski definition) is 1. The smallest absolute Gasteiger partial charge is 0.195 e. The van der Waals surface area contributed by atoms with E-state index in [1.807, 2.05) is 42.9 Å². The monoisotopic (exact) mass is 411 g/mol. The second kappa shape index (κ2) is 8.86. The molecule has 8 heteroatoms. The molecule has 0 bridgehead atoms. The summed E-state index contributed by atoms with van der Waals surface area (Å²) in [5.41, 5.74) is 3.29. The van der Waals surface area contributed by atoms with Gasteiger partial charge in [-0.3, -0.25) is 9.88 Å². The van der Waals surface area contributed by atoms with Crippen LogP contribution in [-0.2, 0) is 4.74 Å². The Morgan fingerprint density at radius 3 is 2.83 bits per heavy atom. The quantitative estimate of drug-likeness (QED) is 0.599. The minimum Gasteiger partial charge on any atom is -0.497 e. The predicted molar refractivity (Wildman–Crippen MR) is 115 cm³/mol. The van der Waals surface area contributed by atoms with Gasteiger partial charge in [-0.25, -0.2) is 0 Å². The highest BCUT2D eigenvalue weighted by molar-refractivity contribution is 7.99. The lowest BCUT2D eigenvalue weighted by Gasteiger charge is -2.16. The molecule has 152 valence electrons. The van der Waals surface area contributed by atoms with Crippen molar-refractivity contribution in [3.63, 3.8) is 0 Å². The molecule has 2 aromatic carbocycles. The van der Waals surface area contributed by atoms with Gasteiger partial charge < -0.3 is 14.4 Å². The molecule has 1 saturated heterocycles. The minimum absolute atomic E-state index is 0.0759. The number of thioether (sulfide) groups is 1. The van der Waals surface area contributed by atoms with Crippen molar-refractivity contribution in [2.75, 3.05) is 38.4 Å². The number of methoxy groups -OCH3 is 1. The molecule has 29 heavy (non-hydrogen) atoms. The van der Waals surface area contributed by atoms with Crippen LogP contribution in [0.15, 0.2) is 60.0 Å². The molecule has 3 aromatic rings. The van der Waals surface area contributed by atoms with Gasteiger partial charge in [0.25, 0.3) is 0 Å². The molecule has 0 aliphatic carbocycles. The number of anilines is 1. The summed E-state index contributed by atoms with van der Waals surface area (Å²) < 4.78 is 13.5. The molecule has 1 aromatic heterocycles. The maximum Gasteiger partial charge on any atom is 0.195 e. The van der Waals surface area contributed by atoms with Crippen molar-refractivity contribution >= 4 is 17.4 Å². The Morgan fingerprint density at radius 2 is 2.07 bits per heavy atom. The lowest BCUT2D eigenvalue weighted by atomic mass is 10.2. The Balaban J connectivity index is 1.37. The van der Waals surface area contributed by atoms with Gasteiger partial charge in [0.15, 0.2) is 5.16 Å². The molecule has 1 fully saturated rings. The van der Waals surface area contributed by atoms with Crippen molar-refractivity contribution in [2.45, 2.75) is 17.5 Å². The molecule has 1 N–H and O–H groups in total. The molecule has 1 aliphatic rings. The summed E-state index contributed by atoms with van der Waals surface area (Å²) in [6.07, 6.45) is 1.75. The molecular weight excluding hydrogens is 386 g/mol. The topological polar surface area (TPSA) is 64.4 Å². The fraction of sp³-hybridized carbons (Fsp3) is 0.333. The Labute approximate surface area is 175 Å². The summed E-state index contributed by atoms with van der Waals surface area (Å²) in [7, 11) is 5.74. The van der Waals surface area contributed by atoms with E-state index in [1.54, 1.807) is 25.2 Å². The molecule has 0 amide bonds. The van der Waals surface area contributed by atoms with Crippen LogP contribution in [0.4, 0.5) is 5.69 Å². The van der Waals surface area contributed by atoms with Crippen LogP contribution in [0.2, 0.25) is 0 Å². The zero-order valence-electron chi connectivity index (χ0n) is 16.8. The molecule has 7 nitrogen and oxygen atoms in total. The van der Waals surface area contributed by atoms with Crippen LogP contribution in [0.3, 0.4) is 0 Å². The Kier molecular flexibility index (Phi) is 6.03. The SMILES string of the molecule is COc1cccc(-n2cnnc2SC[C@@H]2CN[C@H](c3ccc(N(C)C)cc3)O2)c1. The van der Waals surface area contributed by atoms with E-state index in [4.69, 9.17) is 9.47 Å². The third-order valence-corrected chi connectivity index (χ3v) is 5.89. The number of nitrogens with one attached hydrogen (secondary N) is 1. The summed E-state index contributed by atoms with van der Waals surface area (Å²) in [5.74, 6) is 1.60. The van der Waals surface area contributed by atoms with Crippen LogP contribution in [-0.4, -0.2) is 54.4 Å². The first kappa shape index (κ1) is 19.8. The Hall–Kier alpha value is -2.55. The first-order valence-corrected chi connectivity index (χ1v) is 10.5.